The summed E-state index contributed by atoms with van der Waals surface area (Å²) in [5.74, 6) is 1.47. The van der Waals surface area contributed by atoms with Crippen molar-refractivity contribution in [2.45, 2.75) is 44.1 Å². The molecule has 1 aliphatic carbocycles. The zero-order valence-corrected chi connectivity index (χ0v) is 14.5. The number of halogens is 1. The highest BCUT2D eigenvalue weighted by Gasteiger charge is 2.42. The van der Waals surface area contributed by atoms with E-state index >= 15 is 0 Å². The standard InChI is InChI=1S/C17H27NO3.ClH/c1-4-18-12-16(19)17(9-5-6-10-17)13-7-8-14(20-2)15(11-13)21-3;/h7-8,11,16,18-19H,4-6,9-10,12H2,1-3H3;1H. The van der Waals surface area contributed by atoms with Gasteiger partial charge in [-0.25, -0.2) is 0 Å². The monoisotopic (exact) mass is 329 g/mol. The summed E-state index contributed by atoms with van der Waals surface area (Å²) in [6.45, 7) is 3.56. The number of ether oxygens (including phenoxy) is 2. The topological polar surface area (TPSA) is 50.7 Å². The summed E-state index contributed by atoms with van der Waals surface area (Å²) in [6, 6.07) is 6.04. The fraction of sp³-hybridized carbons (Fsp3) is 0.647. The van der Waals surface area contributed by atoms with Crippen LogP contribution in [0.2, 0.25) is 0 Å². The Labute approximate surface area is 139 Å². The van der Waals surface area contributed by atoms with Crippen molar-refractivity contribution in [1.29, 1.82) is 0 Å². The van der Waals surface area contributed by atoms with Crippen molar-refractivity contribution < 1.29 is 14.6 Å². The average Bonchev–Trinajstić information content (AvgIpc) is 3.02. The molecule has 0 amide bonds. The van der Waals surface area contributed by atoms with Gasteiger partial charge < -0.3 is 19.9 Å². The van der Waals surface area contributed by atoms with E-state index in [1.165, 1.54) is 0 Å². The molecule has 0 saturated heterocycles. The van der Waals surface area contributed by atoms with E-state index in [0.717, 1.165) is 49.3 Å². The first-order valence-electron chi connectivity index (χ1n) is 7.79. The summed E-state index contributed by atoms with van der Waals surface area (Å²) in [7, 11) is 3.29. The zero-order valence-electron chi connectivity index (χ0n) is 13.7. The Morgan fingerprint density at radius 2 is 1.82 bits per heavy atom. The van der Waals surface area contributed by atoms with Crippen LogP contribution in [-0.2, 0) is 5.41 Å². The molecule has 0 radical (unpaired) electrons. The van der Waals surface area contributed by atoms with Crippen LogP contribution in [0.25, 0.3) is 0 Å². The van der Waals surface area contributed by atoms with Crippen molar-refractivity contribution in [3.63, 3.8) is 0 Å². The lowest BCUT2D eigenvalue weighted by Crippen LogP contribution is -2.43. The van der Waals surface area contributed by atoms with E-state index in [-0.39, 0.29) is 23.9 Å². The number of rotatable bonds is 7. The molecule has 2 rings (SSSR count). The number of nitrogens with one attached hydrogen (secondary N) is 1. The highest BCUT2D eigenvalue weighted by Crippen LogP contribution is 2.45. The van der Waals surface area contributed by atoms with Crippen LogP contribution in [-0.4, -0.2) is 38.5 Å². The van der Waals surface area contributed by atoms with Gasteiger partial charge in [-0.15, -0.1) is 12.4 Å². The second-order valence-corrected chi connectivity index (χ2v) is 5.76. The first-order valence-corrected chi connectivity index (χ1v) is 7.79. The van der Waals surface area contributed by atoms with Gasteiger partial charge in [0.2, 0.25) is 0 Å². The number of aliphatic hydroxyl groups excluding tert-OH is 1. The van der Waals surface area contributed by atoms with Crippen LogP contribution in [0.15, 0.2) is 18.2 Å². The number of aliphatic hydroxyl groups is 1. The fourth-order valence-electron chi connectivity index (χ4n) is 3.44. The zero-order chi connectivity index (χ0) is 15.3. The molecule has 1 aromatic rings. The lowest BCUT2D eigenvalue weighted by molar-refractivity contribution is 0.0820. The van der Waals surface area contributed by atoms with Crippen LogP contribution >= 0.6 is 12.4 Å². The molecule has 1 aliphatic rings. The lowest BCUT2D eigenvalue weighted by atomic mass is 9.74. The summed E-state index contributed by atoms with van der Waals surface area (Å²) in [6.07, 6.45) is 4.00. The summed E-state index contributed by atoms with van der Waals surface area (Å²) < 4.78 is 10.7. The quantitative estimate of drug-likeness (QED) is 0.807. The van der Waals surface area contributed by atoms with Crippen LogP contribution in [0.3, 0.4) is 0 Å². The van der Waals surface area contributed by atoms with Crippen LogP contribution in [0, 0.1) is 0 Å². The first-order chi connectivity index (χ1) is 10.2. The molecule has 2 N–H and O–H groups in total. The average molecular weight is 330 g/mol. The van der Waals surface area contributed by atoms with E-state index in [9.17, 15) is 5.11 Å². The number of methoxy groups -OCH3 is 2. The van der Waals surface area contributed by atoms with Gasteiger partial charge in [-0.05, 0) is 37.1 Å². The highest BCUT2D eigenvalue weighted by atomic mass is 35.5. The molecule has 0 aromatic heterocycles. The largest absolute Gasteiger partial charge is 0.493 e. The van der Waals surface area contributed by atoms with Crippen LogP contribution in [0.5, 0.6) is 11.5 Å². The smallest absolute Gasteiger partial charge is 0.161 e. The van der Waals surface area contributed by atoms with Gasteiger partial charge in [0.1, 0.15) is 0 Å². The van der Waals surface area contributed by atoms with E-state index in [0.29, 0.717) is 6.54 Å². The Balaban J connectivity index is 0.00000242. The molecule has 126 valence electrons. The van der Waals surface area contributed by atoms with E-state index in [1.807, 2.05) is 12.1 Å². The molecule has 1 atom stereocenters. The number of hydrogen-bond acceptors (Lipinski definition) is 4. The van der Waals surface area contributed by atoms with Gasteiger partial charge in [-0.3, -0.25) is 0 Å². The van der Waals surface area contributed by atoms with Gasteiger partial charge >= 0.3 is 0 Å². The van der Waals surface area contributed by atoms with Crippen molar-refractivity contribution in [3.8, 4) is 11.5 Å². The predicted octanol–water partition coefficient (Wildman–Crippen LogP) is 2.91. The van der Waals surface area contributed by atoms with Crippen LogP contribution in [0.4, 0.5) is 0 Å². The molecule has 1 fully saturated rings. The number of benzene rings is 1. The summed E-state index contributed by atoms with van der Waals surface area (Å²) in [4.78, 5) is 0. The molecule has 5 heteroatoms. The normalized spacial score (nSPS) is 17.6. The van der Waals surface area contributed by atoms with E-state index in [4.69, 9.17) is 9.47 Å². The Bertz CT molecular complexity index is 461. The van der Waals surface area contributed by atoms with E-state index in [2.05, 4.69) is 18.3 Å². The highest BCUT2D eigenvalue weighted by molar-refractivity contribution is 5.85. The van der Waals surface area contributed by atoms with Gasteiger partial charge in [0, 0.05) is 12.0 Å². The number of hydrogen-bond donors (Lipinski definition) is 2. The molecule has 0 bridgehead atoms. The van der Waals surface area contributed by atoms with Gasteiger partial charge in [0.25, 0.3) is 0 Å². The second-order valence-electron chi connectivity index (χ2n) is 5.76. The summed E-state index contributed by atoms with van der Waals surface area (Å²) >= 11 is 0. The maximum absolute atomic E-state index is 10.7. The van der Waals surface area contributed by atoms with Gasteiger partial charge in [0.15, 0.2) is 11.5 Å². The fourth-order valence-corrected chi connectivity index (χ4v) is 3.44. The lowest BCUT2D eigenvalue weighted by Gasteiger charge is -2.35. The van der Waals surface area contributed by atoms with Gasteiger partial charge in [-0.1, -0.05) is 25.8 Å². The third-order valence-corrected chi connectivity index (χ3v) is 4.68. The van der Waals surface area contributed by atoms with Crippen molar-refractivity contribution in [3.05, 3.63) is 23.8 Å². The van der Waals surface area contributed by atoms with Crippen LogP contribution < -0.4 is 14.8 Å². The minimum Gasteiger partial charge on any atom is -0.493 e. The minimum atomic E-state index is -0.377. The van der Waals surface area contributed by atoms with E-state index in [1.54, 1.807) is 14.2 Å². The second kappa shape index (κ2) is 8.61. The molecule has 0 spiro atoms. The Morgan fingerprint density at radius 1 is 1.18 bits per heavy atom. The molecule has 1 unspecified atom stereocenters. The maximum Gasteiger partial charge on any atom is 0.161 e. The molecule has 1 saturated carbocycles. The molecular weight excluding hydrogens is 302 g/mol. The molecule has 0 aliphatic heterocycles. The SMILES string of the molecule is CCNCC(O)C1(c2ccc(OC)c(OC)c2)CCCC1.Cl. The first kappa shape index (κ1) is 19.1. The number of likely N-dealkylation sites (N-methyl/N-ethyl adjacent to an activating group) is 1. The molecule has 0 heterocycles. The molecule has 4 nitrogen and oxygen atoms in total. The van der Waals surface area contributed by atoms with Crippen molar-refractivity contribution >= 4 is 12.4 Å². The Morgan fingerprint density at radius 3 is 2.36 bits per heavy atom. The Hall–Kier alpha value is -0.970. The van der Waals surface area contributed by atoms with Gasteiger partial charge in [-0.2, -0.15) is 0 Å². The van der Waals surface area contributed by atoms with Gasteiger partial charge in [0.05, 0.1) is 20.3 Å². The van der Waals surface area contributed by atoms with E-state index < -0.39 is 0 Å². The molecule has 22 heavy (non-hydrogen) atoms. The predicted molar refractivity (Wildman–Crippen MR) is 91.5 cm³/mol. The molecule has 1 aromatic carbocycles. The molecular formula is C17H28ClNO3. The maximum atomic E-state index is 10.7. The summed E-state index contributed by atoms with van der Waals surface area (Å²) in [5.41, 5.74) is 0.991. The van der Waals surface area contributed by atoms with Crippen molar-refractivity contribution in [2.24, 2.45) is 0 Å². The summed E-state index contributed by atoms with van der Waals surface area (Å²) in [5, 5.41) is 14.0. The Kier molecular flexibility index (Phi) is 7.46. The third-order valence-electron chi connectivity index (χ3n) is 4.68. The van der Waals surface area contributed by atoms with Crippen molar-refractivity contribution in [2.75, 3.05) is 27.3 Å². The van der Waals surface area contributed by atoms with Crippen molar-refractivity contribution in [1.82, 2.24) is 5.32 Å². The van der Waals surface area contributed by atoms with Crippen LogP contribution in [0.1, 0.15) is 38.2 Å². The third kappa shape index (κ3) is 3.67. The minimum absolute atomic E-state index is 0.